The molecule has 0 spiro atoms. The van der Waals surface area contributed by atoms with E-state index in [0.717, 1.165) is 67.8 Å². The van der Waals surface area contributed by atoms with Gasteiger partial charge in [0.15, 0.2) is 11.5 Å². The number of aromatic hydroxyl groups is 1. The number of anilines is 2. The summed E-state index contributed by atoms with van der Waals surface area (Å²) in [6.07, 6.45) is 6.33. The predicted octanol–water partition coefficient (Wildman–Crippen LogP) is 5.68. The van der Waals surface area contributed by atoms with Crippen LogP contribution in [0, 0.1) is 5.92 Å². The highest BCUT2D eigenvalue weighted by molar-refractivity contribution is 6.30. The minimum absolute atomic E-state index is 0.0283. The van der Waals surface area contributed by atoms with E-state index in [1.165, 1.54) is 0 Å². The van der Waals surface area contributed by atoms with Crippen molar-refractivity contribution in [1.29, 1.82) is 0 Å². The Hall–Kier alpha value is -3.82. The molecule has 2 aliphatic heterocycles. The lowest BCUT2D eigenvalue weighted by Gasteiger charge is -2.41. The molecule has 3 heterocycles. The molecule has 2 aromatic carbocycles. The summed E-state index contributed by atoms with van der Waals surface area (Å²) in [4.78, 5) is 39.0. The molecule has 3 aromatic rings. The van der Waals surface area contributed by atoms with Crippen LogP contribution >= 0.6 is 11.6 Å². The third-order valence-electron chi connectivity index (χ3n) is 9.69. The van der Waals surface area contributed by atoms with Crippen LogP contribution < -0.4 is 14.5 Å². The SMILES string of the molecule is CC(C)Oc1cc2c(cc1O)CC(=O)N(c1ccc(N(C)CC3CCC(N4CCN(C)C(=O)C4)CC3)nc1)[C@H]2c1ccc(Cl)cc1. The Morgan fingerprint density at radius 2 is 1.76 bits per heavy atom. The number of fused-ring (bicyclic) bond motifs is 1. The van der Waals surface area contributed by atoms with E-state index in [1.807, 2.05) is 68.3 Å². The van der Waals surface area contributed by atoms with Crippen molar-refractivity contribution in [3.05, 3.63) is 76.4 Å². The zero-order chi connectivity index (χ0) is 32.5. The van der Waals surface area contributed by atoms with Gasteiger partial charge in [-0.05, 0) is 98.5 Å². The first-order valence-corrected chi connectivity index (χ1v) is 16.7. The fourth-order valence-corrected chi connectivity index (χ4v) is 7.32. The van der Waals surface area contributed by atoms with Gasteiger partial charge in [-0.3, -0.25) is 19.4 Å². The van der Waals surface area contributed by atoms with Crippen molar-refractivity contribution in [3.8, 4) is 11.5 Å². The van der Waals surface area contributed by atoms with Crippen LogP contribution in [0.25, 0.3) is 0 Å². The second kappa shape index (κ2) is 13.5. The van der Waals surface area contributed by atoms with Crippen molar-refractivity contribution in [2.75, 3.05) is 50.1 Å². The first-order chi connectivity index (χ1) is 22.1. The molecule has 0 bridgehead atoms. The maximum atomic E-state index is 13.8. The van der Waals surface area contributed by atoms with E-state index in [2.05, 4.69) is 16.8 Å². The average Bonchev–Trinajstić information content (AvgIpc) is 3.03. The number of hydrogen-bond donors (Lipinski definition) is 1. The van der Waals surface area contributed by atoms with E-state index < -0.39 is 6.04 Å². The van der Waals surface area contributed by atoms with Crippen molar-refractivity contribution in [1.82, 2.24) is 14.8 Å². The molecule has 0 radical (unpaired) electrons. The quantitative estimate of drug-likeness (QED) is 0.337. The van der Waals surface area contributed by atoms with E-state index in [4.69, 9.17) is 21.3 Å². The van der Waals surface area contributed by atoms with Gasteiger partial charge < -0.3 is 19.6 Å². The lowest BCUT2D eigenvalue weighted by molar-refractivity contribution is -0.135. The largest absolute Gasteiger partial charge is 0.504 e. The second-order valence-corrected chi connectivity index (χ2v) is 13.7. The smallest absolute Gasteiger partial charge is 0.236 e. The Bertz CT molecular complexity index is 1560. The number of phenolic OH excluding ortho intramolecular Hbond substituents is 1. The van der Waals surface area contributed by atoms with E-state index >= 15 is 0 Å². The van der Waals surface area contributed by atoms with E-state index in [9.17, 15) is 14.7 Å². The molecule has 244 valence electrons. The summed E-state index contributed by atoms with van der Waals surface area (Å²) >= 11 is 6.24. The maximum absolute atomic E-state index is 13.8. The lowest BCUT2D eigenvalue weighted by atomic mass is 9.84. The molecule has 1 atom stereocenters. The number of amides is 2. The summed E-state index contributed by atoms with van der Waals surface area (Å²) in [5, 5.41) is 11.3. The van der Waals surface area contributed by atoms with Gasteiger partial charge in [0.05, 0.1) is 37.0 Å². The third kappa shape index (κ3) is 6.81. The van der Waals surface area contributed by atoms with Crippen LogP contribution in [0.5, 0.6) is 11.5 Å². The minimum Gasteiger partial charge on any atom is -0.504 e. The number of phenols is 1. The number of halogens is 1. The maximum Gasteiger partial charge on any atom is 0.236 e. The highest BCUT2D eigenvalue weighted by Crippen LogP contribution is 2.43. The summed E-state index contributed by atoms with van der Waals surface area (Å²) in [6.45, 7) is 7.06. The molecule has 10 heteroatoms. The van der Waals surface area contributed by atoms with Crippen LogP contribution in [0.2, 0.25) is 5.02 Å². The molecular formula is C36H44ClN5O4. The monoisotopic (exact) mass is 645 g/mol. The highest BCUT2D eigenvalue weighted by atomic mass is 35.5. The van der Waals surface area contributed by atoms with Gasteiger partial charge in [-0.2, -0.15) is 0 Å². The molecule has 3 aliphatic rings. The van der Waals surface area contributed by atoms with Crippen LogP contribution in [0.15, 0.2) is 54.7 Å². The zero-order valence-electron chi connectivity index (χ0n) is 27.2. The Kier molecular flexibility index (Phi) is 9.43. The first-order valence-electron chi connectivity index (χ1n) is 16.3. The van der Waals surface area contributed by atoms with Gasteiger partial charge in [-0.1, -0.05) is 23.7 Å². The molecule has 2 fully saturated rings. The van der Waals surface area contributed by atoms with Crippen molar-refractivity contribution in [2.24, 2.45) is 5.92 Å². The molecule has 1 saturated carbocycles. The molecule has 46 heavy (non-hydrogen) atoms. The molecule has 1 saturated heterocycles. The molecule has 1 aromatic heterocycles. The number of likely N-dealkylation sites (N-methyl/N-ethyl adjacent to an activating group) is 1. The van der Waals surface area contributed by atoms with Crippen molar-refractivity contribution >= 4 is 34.9 Å². The number of piperazine rings is 1. The Labute approximate surface area is 276 Å². The van der Waals surface area contributed by atoms with Gasteiger partial charge in [0.25, 0.3) is 0 Å². The number of ether oxygens (including phenoxy) is 1. The number of rotatable bonds is 8. The van der Waals surface area contributed by atoms with Crippen LogP contribution in [0.4, 0.5) is 11.5 Å². The molecule has 2 amide bonds. The van der Waals surface area contributed by atoms with Crippen molar-refractivity contribution < 1.29 is 19.4 Å². The lowest BCUT2D eigenvalue weighted by Crippen LogP contribution is -2.53. The summed E-state index contributed by atoms with van der Waals surface area (Å²) in [5.74, 6) is 2.00. The third-order valence-corrected chi connectivity index (χ3v) is 9.94. The fourth-order valence-electron chi connectivity index (χ4n) is 7.19. The van der Waals surface area contributed by atoms with Crippen molar-refractivity contribution in [3.63, 3.8) is 0 Å². The van der Waals surface area contributed by atoms with Crippen LogP contribution in [-0.2, 0) is 16.0 Å². The molecule has 1 N–H and O–H groups in total. The van der Waals surface area contributed by atoms with Gasteiger partial charge in [-0.15, -0.1) is 0 Å². The van der Waals surface area contributed by atoms with Gasteiger partial charge >= 0.3 is 0 Å². The summed E-state index contributed by atoms with van der Waals surface area (Å²) < 4.78 is 5.92. The van der Waals surface area contributed by atoms with Crippen LogP contribution in [0.1, 0.15) is 62.3 Å². The van der Waals surface area contributed by atoms with Gasteiger partial charge in [-0.25, -0.2) is 4.98 Å². The topological polar surface area (TPSA) is 89.5 Å². The van der Waals surface area contributed by atoms with E-state index in [0.29, 0.717) is 35.0 Å². The first kappa shape index (κ1) is 32.1. The van der Waals surface area contributed by atoms with Crippen LogP contribution in [0.3, 0.4) is 0 Å². The van der Waals surface area contributed by atoms with Gasteiger partial charge in [0, 0.05) is 44.8 Å². The second-order valence-electron chi connectivity index (χ2n) is 13.3. The Balaban J connectivity index is 1.18. The van der Waals surface area contributed by atoms with Crippen molar-refractivity contribution in [2.45, 2.75) is 64.1 Å². The molecule has 0 unspecified atom stereocenters. The molecule has 6 rings (SSSR count). The van der Waals surface area contributed by atoms with Gasteiger partial charge in [0.1, 0.15) is 5.82 Å². The summed E-state index contributed by atoms with van der Waals surface area (Å²) in [6, 6.07) is 15.0. The van der Waals surface area contributed by atoms with Gasteiger partial charge in [0.2, 0.25) is 11.8 Å². The predicted molar refractivity (Wildman–Crippen MR) is 181 cm³/mol. The number of pyridine rings is 1. The van der Waals surface area contributed by atoms with Crippen LogP contribution in [-0.4, -0.2) is 84.1 Å². The molecule has 9 nitrogen and oxygen atoms in total. The number of carbonyl (C=O) groups excluding carboxylic acids is 2. The Morgan fingerprint density at radius 1 is 1.02 bits per heavy atom. The van der Waals surface area contributed by atoms with E-state index in [1.54, 1.807) is 17.2 Å². The Morgan fingerprint density at radius 3 is 2.41 bits per heavy atom. The van der Waals surface area contributed by atoms with E-state index in [-0.39, 0.29) is 30.1 Å². The minimum atomic E-state index is -0.445. The molecule has 1 aliphatic carbocycles. The number of hydrogen-bond acceptors (Lipinski definition) is 7. The average molecular weight is 646 g/mol. The number of benzene rings is 2. The highest BCUT2D eigenvalue weighted by Gasteiger charge is 2.36. The summed E-state index contributed by atoms with van der Waals surface area (Å²) in [7, 11) is 3.97. The normalized spacial score (nSPS) is 22.3. The number of aromatic nitrogens is 1. The number of nitrogens with zero attached hydrogens (tertiary/aromatic N) is 5. The zero-order valence-corrected chi connectivity index (χ0v) is 27.9. The fraction of sp³-hybridized carbons (Fsp3) is 0.472. The summed E-state index contributed by atoms with van der Waals surface area (Å²) in [5.41, 5.74) is 3.27. The number of carbonyl (C=O) groups is 2. The standard InChI is InChI=1S/C36H44ClN5O4/c1-23(2)46-32-19-30-26(17-31(32)43)18-34(44)42(36(30)25-7-9-27(37)10-8-25)29-13-14-33(38-20-29)40(4)21-24-5-11-28(12-6-24)41-16-15-39(3)35(45)22-41/h7-10,13-14,17,19-20,23-24,28,36,43H,5-6,11-12,15-16,18,21-22H2,1-4H3/t24?,28?,36-/m0/s1. The molecular weight excluding hydrogens is 602 g/mol.